The van der Waals surface area contributed by atoms with Gasteiger partial charge in [-0.1, -0.05) is 22.1 Å². The highest BCUT2D eigenvalue weighted by Gasteiger charge is 2.29. The van der Waals surface area contributed by atoms with Crippen LogP contribution in [0.15, 0.2) is 42.5 Å². The van der Waals surface area contributed by atoms with Crippen molar-refractivity contribution in [2.45, 2.75) is 0 Å². The van der Waals surface area contributed by atoms with Gasteiger partial charge in [-0.25, -0.2) is 18.5 Å². The lowest BCUT2D eigenvalue weighted by Gasteiger charge is -2.20. The van der Waals surface area contributed by atoms with E-state index in [-0.39, 0.29) is 10.6 Å². The Morgan fingerprint density at radius 2 is 1.55 bits per heavy atom. The average molecular weight is 329 g/mol. The molecule has 0 aliphatic rings. The average Bonchev–Trinajstić information content (AvgIpc) is 2.49. The molecule has 0 aromatic heterocycles. The Bertz CT molecular complexity index is 702. The lowest BCUT2D eigenvalue weighted by atomic mass is 10.1. The van der Waals surface area contributed by atoms with Crippen molar-refractivity contribution < 1.29 is 22.9 Å². The molecule has 22 heavy (non-hydrogen) atoms. The van der Waals surface area contributed by atoms with Crippen LogP contribution in [0.4, 0.5) is 23.7 Å². The summed E-state index contributed by atoms with van der Waals surface area (Å²) in [5, 5.41) is 0.300. The van der Waals surface area contributed by atoms with Gasteiger partial charge < -0.3 is 0 Å². The number of benzene rings is 2. The lowest BCUT2D eigenvalue weighted by Crippen LogP contribution is -2.42. The highest BCUT2D eigenvalue weighted by Crippen LogP contribution is 2.22. The minimum atomic E-state index is -1.49. The molecule has 8 heteroatoms. The maximum atomic E-state index is 13.7. The standard InChI is InChI=1S/C14H8ClF3N2O2/c15-8-4-6-9(7-5-8)20(14(22)19-18)13(21)12-10(16)2-1-3-11(12)17/h1-7H,(H,19,22). The Morgan fingerprint density at radius 1 is 1.00 bits per heavy atom. The van der Waals surface area contributed by atoms with Crippen molar-refractivity contribution in [3.63, 3.8) is 0 Å². The summed E-state index contributed by atoms with van der Waals surface area (Å²) in [6.45, 7) is 0. The number of carbonyl (C=O) groups is 2. The molecule has 0 saturated carbocycles. The molecule has 3 amide bonds. The molecule has 0 fully saturated rings. The first kappa shape index (κ1) is 15.8. The first-order valence-corrected chi connectivity index (χ1v) is 6.28. The maximum absolute atomic E-state index is 13.7. The van der Waals surface area contributed by atoms with E-state index in [1.165, 1.54) is 24.3 Å². The molecule has 114 valence electrons. The smallest absolute Gasteiger partial charge is 0.268 e. The number of nitrogens with zero attached hydrogens (tertiary/aromatic N) is 1. The van der Waals surface area contributed by atoms with Gasteiger partial charge in [0.05, 0.1) is 5.69 Å². The van der Waals surface area contributed by atoms with Gasteiger partial charge in [0.1, 0.15) is 17.2 Å². The predicted molar refractivity (Wildman–Crippen MR) is 74.3 cm³/mol. The molecular formula is C14H8ClF3N2O2. The number of anilines is 1. The van der Waals surface area contributed by atoms with Crippen LogP contribution in [0.3, 0.4) is 0 Å². The van der Waals surface area contributed by atoms with Gasteiger partial charge in [-0.15, -0.1) is 0 Å². The Labute approximate surface area is 128 Å². The molecule has 0 atom stereocenters. The van der Waals surface area contributed by atoms with Crippen LogP contribution in [-0.4, -0.2) is 11.9 Å². The Kier molecular flexibility index (Phi) is 4.67. The Hall–Kier alpha value is -2.54. The fraction of sp³-hybridized carbons (Fsp3) is 0. The third-order valence-corrected chi connectivity index (χ3v) is 3.00. The largest absolute Gasteiger partial charge is 0.357 e. The molecule has 1 N–H and O–H groups in total. The summed E-state index contributed by atoms with van der Waals surface area (Å²) in [6.07, 6.45) is 0. The SMILES string of the molecule is O=C(NF)N(C(=O)c1c(F)cccc1F)c1ccc(Cl)cc1. The molecule has 2 rings (SSSR count). The summed E-state index contributed by atoms with van der Waals surface area (Å²) in [5.41, 5.74) is -0.320. The number of imide groups is 1. The number of nitrogens with one attached hydrogen (secondary N) is 1. The van der Waals surface area contributed by atoms with Crippen LogP contribution in [0.1, 0.15) is 10.4 Å². The number of halogens is 4. The van der Waals surface area contributed by atoms with Gasteiger partial charge in [-0.2, -0.15) is 5.54 Å². The highest BCUT2D eigenvalue weighted by atomic mass is 35.5. The molecule has 4 nitrogen and oxygen atoms in total. The van der Waals surface area contributed by atoms with Gasteiger partial charge in [0, 0.05) is 5.02 Å². The summed E-state index contributed by atoms with van der Waals surface area (Å²) >= 11 is 5.68. The van der Waals surface area contributed by atoms with Gasteiger partial charge in [0.2, 0.25) is 0 Å². The topological polar surface area (TPSA) is 49.4 Å². The van der Waals surface area contributed by atoms with Gasteiger partial charge >= 0.3 is 6.03 Å². The molecule has 0 spiro atoms. The van der Waals surface area contributed by atoms with Gasteiger partial charge in [0.25, 0.3) is 5.91 Å². The van der Waals surface area contributed by atoms with Crippen LogP contribution in [0.25, 0.3) is 0 Å². The Balaban J connectivity index is 2.52. The van der Waals surface area contributed by atoms with Crippen LogP contribution in [0, 0.1) is 11.6 Å². The van der Waals surface area contributed by atoms with Crippen LogP contribution in [0.5, 0.6) is 0 Å². The summed E-state index contributed by atoms with van der Waals surface area (Å²) in [6, 6.07) is 6.40. The third-order valence-electron chi connectivity index (χ3n) is 2.75. The minimum Gasteiger partial charge on any atom is -0.268 e. The lowest BCUT2D eigenvalue weighted by molar-refractivity contribution is 0.0982. The number of hydrogen-bond acceptors (Lipinski definition) is 2. The van der Waals surface area contributed by atoms with E-state index in [9.17, 15) is 22.9 Å². The van der Waals surface area contributed by atoms with Crippen molar-refractivity contribution in [2.75, 3.05) is 4.90 Å². The molecule has 0 saturated heterocycles. The number of rotatable bonds is 2. The molecule has 2 aromatic rings. The first-order chi connectivity index (χ1) is 10.5. The van der Waals surface area contributed by atoms with Gasteiger partial charge in [-0.05, 0) is 36.4 Å². The monoisotopic (exact) mass is 328 g/mol. The van der Waals surface area contributed by atoms with Crippen molar-refractivity contribution in [2.24, 2.45) is 0 Å². The first-order valence-electron chi connectivity index (χ1n) is 5.90. The van der Waals surface area contributed by atoms with E-state index in [0.717, 1.165) is 23.7 Å². The van der Waals surface area contributed by atoms with E-state index in [0.29, 0.717) is 5.02 Å². The van der Waals surface area contributed by atoms with E-state index >= 15 is 0 Å². The van der Waals surface area contributed by atoms with Crippen LogP contribution in [-0.2, 0) is 0 Å². The van der Waals surface area contributed by atoms with Crippen molar-refractivity contribution in [3.05, 3.63) is 64.7 Å². The van der Waals surface area contributed by atoms with E-state index in [2.05, 4.69) is 0 Å². The summed E-state index contributed by atoms with van der Waals surface area (Å²) in [4.78, 5) is 24.1. The molecule has 0 bridgehead atoms. The molecule has 0 aliphatic carbocycles. The minimum absolute atomic E-state index is 0.104. The molecule has 0 radical (unpaired) electrons. The van der Waals surface area contributed by atoms with Crippen molar-refractivity contribution in [3.8, 4) is 0 Å². The van der Waals surface area contributed by atoms with Crippen LogP contribution in [0.2, 0.25) is 5.02 Å². The second-order valence-corrected chi connectivity index (χ2v) is 4.55. The fourth-order valence-electron chi connectivity index (χ4n) is 1.77. The van der Waals surface area contributed by atoms with Gasteiger partial charge in [-0.3, -0.25) is 4.79 Å². The highest BCUT2D eigenvalue weighted by molar-refractivity contribution is 6.30. The zero-order valence-corrected chi connectivity index (χ0v) is 11.6. The second kappa shape index (κ2) is 6.48. The van der Waals surface area contributed by atoms with Crippen molar-refractivity contribution >= 4 is 29.2 Å². The summed E-state index contributed by atoms with van der Waals surface area (Å²) < 4.78 is 39.8. The van der Waals surface area contributed by atoms with E-state index in [4.69, 9.17) is 11.6 Å². The normalized spacial score (nSPS) is 10.2. The van der Waals surface area contributed by atoms with Gasteiger partial charge in [0.15, 0.2) is 0 Å². The van der Waals surface area contributed by atoms with Crippen molar-refractivity contribution in [1.82, 2.24) is 5.54 Å². The summed E-state index contributed by atoms with van der Waals surface area (Å²) in [7, 11) is 0. The second-order valence-electron chi connectivity index (χ2n) is 4.11. The summed E-state index contributed by atoms with van der Waals surface area (Å²) in [5.74, 6) is -3.70. The number of urea groups is 1. The Morgan fingerprint density at radius 3 is 2.05 bits per heavy atom. The molecule has 0 heterocycles. The van der Waals surface area contributed by atoms with Crippen LogP contribution >= 0.6 is 11.6 Å². The maximum Gasteiger partial charge on any atom is 0.357 e. The van der Waals surface area contributed by atoms with E-state index in [1.54, 1.807) is 0 Å². The van der Waals surface area contributed by atoms with Crippen LogP contribution < -0.4 is 10.4 Å². The van der Waals surface area contributed by atoms with Crippen molar-refractivity contribution in [1.29, 1.82) is 0 Å². The predicted octanol–water partition coefficient (Wildman–Crippen LogP) is 3.86. The number of hydrogen-bond donors (Lipinski definition) is 1. The quantitative estimate of drug-likeness (QED) is 0.851. The van der Waals surface area contributed by atoms with E-state index in [1.807, 2.05) is 0 Å². The number of carbonyl (C=O) groups excluding carboxylic acids is 2. The molecule has 2 aromatic carbocycles. The fourth-order valence-corrected chi connectivity index (χ4v) is 1.90. The van der Waals surface area contributed by atoms with E-state index < -0.39 is 29.1 Å². The zero-order valence-electron chi connectivity index (χ0n) is 10.8. The molecule has 0 unspecified atom stereocenters. The molecule has 0 aliphatic heterocycles. The molecular weight excluding hydrogens is 321 g/mol. The zero-order chi connectivity index (χ0) is 16.3. The third kappa shape index (κ3) is 3.04. The number of amides is 3.